The molecule has 24 heavy (non-hydrogen) atoms. The van der Waals surface area contributed by atoms with Crippen molar-refractivity contribution in [3.8, 4) is 0 Å². The van der Waals surface area contributed by atoms with Gasteiger partial charge >= 0.3 is 23.9 Å². The van der Waals surface area contributed by atoms with Gasteiger partial charge in [0, 0.05) is 5.39 Å². The summed E-state index contributed by atoms with van der Waals surface area (Å²) < 4.78 is 9.42. The van der Waals surface area contributed by atoms with Crippen molar-refractivity contribution in [1.29, 1.82) is 0 Å². The van der Waals surface area contributed by atoms with E-state index >= 15 is 0 Å². The third-order valence-electron chi connectivity index (χ3n) is 4.39. The van der Waals surface area contributed by atoms with Crippen LogP contribution in [0.1, 0.15) is 41.4 Å². The van der Waals surface area contributed by atoms with Gasteiger partial charge in [0.1, 0.15) is 0 Å². The van der Waals surface area contributed by atoms with Gasteiger partial charge in [-0.25, -0.2) is 19.2 Å². The summed E-state index contributed by atoms with van der Waals surface area (Å²) in [5, 5.41) is 2.21. The maximum atomic E-state index is 12.1. The van der Waals surface area contributed by atoms with Gasteiger partial charge in [-0.3, -0.25) is 0 Å². The third-order valence-corrected chi connectivity index (χ3v) is 4.39. The van der Waals surface area contributed by atoms with Gasteiger partial charge < -0.3 is 9.47 Å². The Morgan fingerprint density at radius 3 is 2.12 bits per heavy atom. The smallest absolute Gasteiger partial charge is 0.347 e. The molecular formula is C18H6O6. The standard InChI is InChI=1S/C18H6O6/c19-15-9-3-1-2-8-7-4-5-10-14(18(22)24-16(10)20)11(7)6-12(13(8)9)17(21)23-15/h1-6H. The number of hydrogen-bond donors (Lipinski definition) is 0. The Morgan fingerprint density at radius 2 is 1.29 bits per heavy atom. The highest BCUT2D eigenvalue weighted by molar-refractivity contribution is 6.29. The molecule has 2 heterocycles. The van der Waals surface area contributed by atoms with E-state index in [1.54, 1.807) is 24.3 Å². The lowest BCUT2D eigenvalue weighted by Gasteiger charge is -2.17. The van der Waals surface area contributed by atoms with Crippen LogP contribution in [0.4, 0.5) is 0 Å². The van der Waals surface area contributed by atoms with Crippen molar-refractivity contribution in [2.45, 2.75) is 0 Å². The first-order valence-electron chi connectivity index (χ1n) is 7.12. The second-order valence-electron chi connectivity index (χ2n) is 5.59. The van der Waals surface area contributed by atoms with Gasteiger partial charge in [0.05, 0.1) is 22.3 Å². The summed E-state index contributed by atoms with van der Waals surface area (Å²) in [4.78, 5) is 47.8. The highest BCUT2D eigenvalue weighted by Crippen LogP contribution is 2.38. The Hall–Kier alpha value is -3.54. The van der Waals surface area contributed by atoms with Crippen LogP contribution >= 0.6 is 0 Å². The average molecular weight is 318 g/mol. The predicted octanol–water partition coefficient (Wildman–Crippen LogP) is 2.61. The van der Waals surface area contributed by atoms with Crippen LogP contribution in [0.3, 0.4) is 0 Å². The molecule has 0 aromatic heterocycles. The zero-order valence-corrected chi connectivity index (χ0v) is 11.9. The van der Waals surface area contributed by atoms with E-state index in [9.17, 15) is 19.2 Å². The molecule has 6 nitrogen and oxygen atoms in total. The molecule has 0 amide bonds. The molecule has 3 aromatic carbocycles. The fourth-order valence-corrected chi connectivity index (χ4v) is 3.39. The van der Waals surface area contributed by atoms with E-state index in [-0.39, 0.29) is 16.7 Å². The van der Waals surface area contributed by atoms with Crippen LogP contribution in [0.15, 0.2) is 36.4 Å². The largest absolute Gasteiger partial charge is 0.386 e. The lowest BCUT2D eigenvalue weighted by molar-refractivity contribution is 0.0385. The van der Waals surface area contributed by atoms with E-state index in [0.717, 1.165) is 0 Å². The topological polar surface area (TPSA) is 86.7 Å². The first-order chi connectivity index (χ1) is 11.6. The SMILES string of the molecule is O=C1OC(=O)c2c1ccc1c2cc2c3c(cccc31)C(=O)OC2=O. The molecule has 2 aliphatic heterocycles. The summed E-state index contributed by atoms with van der Waals surface area (Å²) in [6.45, 7) is 0. The zero-order chi connectivity index (χ0) is 16.6. The van der Waals surface area contributed by atoms with Crippen LogP contribution in [0.5, 0.6) is 0 Å². The second kappa shape index (κ2) is 4.05. The number of ether oxygens (including phenoxy) is 2. The summed E-state index contributed by atoms with van der Waals surface area (Å²) >= 11 is 0. The van der Waals surface area contributed by atoms with Crippen LogP contribution < -0.4 is 0 Å². The molecule has 0 spiro atoms. The number of cyclic esters (lactones) is 4. The van der Waals surface area contributed by atoms with Crippen LogP contribution in [0.2, 0.25) is 0 Å². The van der Waals surface area contributed by atoms with E-state index < -0.39 is 23.9 Å². The normalized spacial score (nSPS) is 15.7. The summed E-state index contributed by atoms with van der Waals surface area (Å²) in [5.74, 6) is -2.94. The molecular weight excluding hydrogens is 312 g/mol. The number of hydrogen-bond acceptors (Lipinski definition) is 6. The summed E-state index contributed by atoms with van der Waals surface area (Å²) in [7, 11) is 0. The Labute approximate surface area is 133 Å². The molecule has 0 unspecified atom stereocenters. The minimum atomic E-state index is -0.777. The number of rotatable bonds is 0. The number of carbonyl (C=O) groups is 4. The number of benzene rings is 3. The van der Waals surface area contributed by atoms with Gasteiger partial charge in [-0.1, -0.05) is 18.2 Å². The maximum absolute atomic E-state index is 12.1. The van der Waals surface area contributed by atoms with Crippen molar-refractivity contribution in [1.82, 2.24) is 0 Å². The van der Waals surface area contributed by atoms with E-state index in [0.29, 0.717) is 27.1 Å². The molecule has 0 saturated heterocycles. The maximum Gasteiger partial charge on any atom is 0.347 e. The van der Waals surface area contributed by atoms with Gasteiger partial charge in [0.15, 0.2) is 0 Å². The summed E-state index contributed by atoms with van der Waals surface area (Å²) in [5.41, 5.74) is 0.776. The molecule has 0 bridgehead atoms. The Balaban J connectivity index is 2.06. The minimum absolute atomic E-state index is 0.130. The van der Waals surface area contributed by atoms with Crippen molar-refractivity contribution >= 4 is 45.4 Å². The van der Waals surface area contributed by atoms with Crippen LogP contribution in [0, 0.1) is 0 Å². The summed E-state index contributed by atoms with van der Waals surface area (Å²) in [6.07, 6.45) is 0. The zero-order valence-electron chi connectivity index (χ0n) is 11.9. The number of fused-ring (bicyclic) bond motifs is 4. The fraction of sp³-hybridized carbons (Fsp3) is 0. The molecule has 0 N–H and O–H groups in total. The molecule has 0 aliphatic carbocycles. The van der Waals surface area contributed by atoms with E-state index in [1.165, 1.54) is 12.1 Å². The first kappa shape index (κ1) is 13.0. The Morgan fingerprint density at radius 1 is 0.583 bits per heavy atom. The molecule has 6 heteroatoms. The molecule has 0 atom stereocenters. The molecule has 0 radical (unpaired) electrons. The van der Waals surface area contributed by atoms with Crippen molar-refractivity contribution in [2.24, 2.45) is 0 Å². The highest BCUT2D eigenvalue weighted by atomic mass is 16.6. The number of carbonyl (C=O) groups excluding carboxylic acids is 4. The van der Waals surface area contributed by atoms with Crippen molar-refractivity contribution in [3.63, 3.8) is 0 Å². The van der Waals surface area contributed by atoms with Crippen molar-refractivity contribution < 1.29 is 28.7 Å². The number of esters is 4. The van der Waals surface area contributed by atoms with Gasteiger partial charge in [-0.2, -0.15) is 0 Å². The molecule has 3 aromatic rings. The average Bonchev–Trinajstić information content (AvgIpc) is 2.86. The second-order valence-corrected chi connectivity index (χ2v) is 5.59. The van der Waals surface area contributed by atoms with Gasteiger partial charge in [0.25, 0.3) is 0 Å². The Kier molecular flexibility index (Phi) is 2.19. The van der Waals surface area contributed by atoms with Crippen molar-refractivity contribution in [3.05, 3.63) is 58.7 Å². The molecule has 114 valence electrons. The van der Waals surface area contributed by atoms with Gasteiger partial charge in [-0.15, -0.1) is 0 Å². The van der Waals surface area contributed by atoms with Crippen molar-refractivity contribution in [2.75, 3.05) is 0 Å². The van der Waals surface area contributed by atoms with Gasteiger partial charge in [0.2, 0.25) is 0 Å². The molecule has 0 fully saturated rings. The van der Waals surface area contributed by atoms with Gasteiger partial charge in [-0.05, 0) is 34.4 Å². The lowest BCUT2D eigenvalue weighted by atomic mass is 9.89. The Bertz CT molecular complexity index is 1170. The summed E-state index contributed by atoms with van der Waals surface area (Å²) in [6, 6.07) is 9.69. The van der Waals surface area contributed by atoms with Crippen LogP contribution in [-0.4, -0.2) is 23.9 Å². The molecule has 5 rings (SSSR count). The first-order valence-corrected chi connectivity index (χ1v) is 7.12. The predicted molar refractivity (Wildman–Crippen MR) is 80.9 cm³/mol. The highest BCUT2D eigenvalue weighted by Gasteiger charge is 2.34. The fourth-order valence-electron chi connectivity index (χ4n) is 3.39. The lowest BCUT2D eigenvalue weighted by Crippen LogP contribution is -2.19. The van der Waals surface area contributed by atoms with E-state index in [2.05, 4.69) is 4.74 Å². The monoisotopic (exact) mass is 318 g/mol. The molecule has 0 saturated carbocycles. The van der Waals surface area contributed by atoms with E-state index in [4.69, 9.17) is 4.74 Å². The van der Waals surface area contributed by atoms with Crippen LogP contribution in [0.25, 0.3) is 21.5 Å². The molecule has 2 aliphatic rings. The third kappa shape index (κ3) is 1.40. The minimum Gasteiger partial charge on any atom is -0.386 e. The van der Waals surface area contributed by atoms with E-state index in [1.807, 2.05) is 0 Å². The quantitative estimate of drug-likeness (QED) is 0.360. The van der Waals surface area contributed by atoms with Crippen LogP contribution in [-0.2, 0) is 9.47 Å².